The zero-order valence-electron chi connectivity index (χ0n) is 14.0. The Morgan fingerprint density at radius 1 is 1.00 bits per heavy atom. The first-order valence-corrected chi connectivity index (χ1v) is 7.84. The van der Waals surface area contributed by atoms with E-state index < -0.39 is 0 Å². The van der Waals surface area contributed by atoms with E-state index >= 15 is 0 Å². The van der Waals surface area contributed by atoms with Crippen LogP contribution in [0.4, 0.5) is 5.69 Å². The summed E-state index contributed by atoms with van der Waals surface area (Å²) >= 11 is 0. The van der Waals surface area contributed by atoms with Gasteiger partial charge in [-0.2, -0.15) is 4.98 Å². The molecule has 2 rings (SSSR count). The number of benzene rings is 1. The molecule has 0 aliphatic carbocycles. The van der Waals surface area contributed by atoms with E-state index in [4.69, 9.17) is 14.2 Å². The summed E-state index contributed by atoms with van der Waals surface area (Å²) in [5.74, 6) is 0.704. The largest absolute Gasteiger partial charge is 0.494 e. The Morgan fingerprint density at radius 3 is 2.29 bits per heavy atom. The first-order valence-electron chi connectivity index (χ1n) is 7.84. The minimum Gasteiger partial charge on any atom is -0.494 e. The van der Waals surface area contributed by atoms with Gasteiger partial charge in [0.25, 0.3) is 5.91 Å². The quantitative estimate of drug-likeness (QED) is 0.801. The van der Waals surface area contributed by atoms with E-state index in [0.717, 1.165) is 0 Å². The first kappa shape index (κ1) is 17.5. The lowest BCUT2D eigenvalue weighted by Crippen LogP contribution is -2.14. The third-order valence-electron chi connectivity index (χ3n) is 2.96. The third-order valence-corrected chi connectivity index (χ3v) is 2.96. The molecule has 0 fully saturated rings. The fourth-order valence-corrected chi connectivity index (χ4v) is 1.95. The van der Waals surface area contributed by atoms with Gasteiger partial charge in [-0.1, -0.05) is 0 Å². The van der Waals surface area contributed by atoms with Gasteiger partial charge >= 0.3 is 6.01 Å². The number of aromatic nitrogens is 2. The van der Waals surface area contributed by atoms with E-state index in [0.29, 0.717) is 36.8 Å². The van der Waals surface area contributed by atoms with Crippen LogP contribution in [0.5, 0.6) is 17.6 Å². The van der Waals surface area contributed by atoms with Gasteiger partial charge in [-0.15, -0.1) is 0 Å². The SMILES string of the molecule is CCOc1ccc(C(=O)Nc2cnc(OCC)nc2OCC)cc1. The van der Waals surface area contributed by atoms with E-state index in [1.807, 2.05) is 20.8 Å². The van der Waals surface area contributed by atoms with Gasteiger partial charge in [0.05, 0.1) is 26.0 Å². The smallest absolute Gasteiger partial charge is 0.319 e. The number of carbonyl (C=O) groups is 1. The Kier molecular flexibility index (Phi) is 6.36. The lowest BCUT2D eigenvalue weighted by molar-refractivity contribution is 0.102. The molecule has 7 heteroatoms. The van der Waals surface area contributed by atoms with Crippen molar-refractivity contribution >= 4 is 11.6 Å². The number of hydrogen-bond donors (Lipinski definition) is 1. The van der Waals surface area contributed by atoms with E-state index in [1.54, 1.807) is 24.3 Å². The fourth-order valence-electron chi connectivity index (χ4n) is 1.95. The number of nitrogens with zero attached hydrogens (tertiary/aromatic N) is 2. The van der Waals surface area contributed by atoms with Crippen LogP contribution in [-0.4, -0.2) is 35.7 Å². The van der Waals surface area contributed by atoms with Crippen LogP contribution in [0.3, 0.4) is 0 Å². The molecule has 0 unspecified atom stereocenters. The molecule has 1 heterocycles. The molecule has 7 nitrogen and oxygen atoms in total. The molecule has 0 radical (unpaired) electrons. The Balaban J connectivity index is 2.14. The standard InChI is InChI=1S/C17H21N3O4/c1-4-22-13-9-7-12(8-10-13)15(21)19-14-11-18-17(24-6-3)20-16(14)23-5-2/h7-11H,4-6H2,1-3H3,(H,19,21). The number of anilines is 1. The molecule has 0 aliphatic rings. The predicted octanol–water partition coefficient (Wildman–Crippen LogP) is 2.93. The van der Waals surface area contributed by atoms with Crippen LogP contribution in [0, 0.1) is 0 Å². The van der Waals surface area contributed by atoms with Gasteiger partial charge in [0.15, 0.2) is 0 Å². The van der Waals surface area contributed by atoms with Crippen LogP contribution in [-0.2, 0) is 0 Å². The second-order valence-electron chi connectivity index (χ2n) is 4.65. The van der Waals surface area contributed by atoms with Gasteiger partial charge in [-0.05, 0) is 45.0 Å². The predicted molar refractivity (Wildman–Crippen MR) is 89.9 cm³/mol. The molecule has 0 spiro atoms. The summed E-state index contributed by atoms with van der Waals surface area (Å²) in [7, 11) is 0. The Hall–Kier alpha value is -2.83. The molecule has 1 aromatic carbocycles. The lowest BCUT2D eigenvalue weighted by atomic mass is 10.2. The monoisotopic (exact) mass is 331 g/mol. The minimum atomic E-state index is -0.285. The maximum atomic E-state index is 12.4. The maximum Gasteiger partial charge on any atom is 0.319 e. The number of carbonyl (C=O) groups excluding carboxylic acids is 1. The summed E-state index contributed by atoms with van der Waals surface area (Å²) in [6.07, 6.45) is 1.47. The van der Waals surface area contributed by atoms with Crippen molar-refractivity contribution in [2.75, 3.05) is 25.1 Å². The van der Waals surface area contributed by atoms with E-state index in [9.17, 15) is 4.79 Å². The van der Waals surface area contributed by atoms with E-state index in [-0.39, 0.29) is 17.8 Å². The second kappa shape index (κ2) is 8.71. The van der Waals surface area contributed by atoms with Crippen molar-refractivity contribution in [3.05, 3.63) is 36.0 Å². The van der Waals surface area contributed by atoms with Crippen LogP contribution < -0.4 is 19.5 Å². The molecule has 1 aromatic heterocycles. The average molecular weight is 331 g/mol. The third kappa shape index (κ3) is 4.58. The Morgan fingerprint density at radius 2 is 1.67 bits per heavy atom. The summed E-state index contributed by atoms with van der Waals surface area (Å²) in [6.45, 7) is 7.01. The zero-order valence-corrected chi connectivity index (χ0v) is 14.0. The fraction of sp³-hybridized carbons (Fsp3) is 0.353. The van der Waals surface area contributed by atoms with E-state index in [2.05, 4.69) is 15.3 Å². The summed E-state index contributed by atoms with van der Waals surface area (Å²) in [6, 6.07) is 7.08. The van der Waals surface area contributed by atoms with Gasteiger partial charge in [0, 0.05) is 5.56 Å². The van der Waals surface area contributed by atoms with Crippen molar-refractivity contribution in [3.63, 3.8) is 0 Å². The zero-order chi connectivity index (χ0) is 17.4. The molecular weight excluding hydrogens is 310 g/mol. The normalized spacial score (nSPS) is 10.1. The minimum absolute atomic E-state index is 0.208. The topological polar surface area (TPSA) is 82.6 Å². The summed E-state index contributed by atoms with van der Waals surface area (Å²) in [4.78, 5) is 20.6. The molecule has 1 amide bonds. The molecule has 128 valence electrons. The second-order valence-corrected chi connectivity index (χ2v) is 4.65. The number of ether oxygens (including phenoxy) is 3. The van der Waals surface area contributed by atoms with E-state index in [1.165, 1.54) is 6.20 Å². The van der Waals surface area contributed by atoms with Crippen molar-refractivity contribution in [2.24, 2.45) is 0 Å². The molecule has 0 saturated heterocycles. The first-order chi connectivity index (χ1) is 11.7. The highest BCUT2D eigenvalue weighted by Crippen LogP contribution is 2.24. The number of hydrogen-bond acceptors (Lipinski definition) is 6. The van der Waals surface area contributed by atoms with Gasteiger partial charge < -0.3 is 19.5 Å². The van der Waals surface area contributed by atoms with Crippen LogP contribution >= 0.6 is 0 Å². The van der Waals surface area contributed by atoms with Crippen molar-refractivity contribution in [3.8, 4) is 17.6 Å². The molecule has 0 aliphatic heterocycles. The molecule has 2 aromatic rings. The summed E-state index contributed by atoms with van der Waals surface area (Å²) in [5.41, 5.74) is 0.883. The molecule has 1 N–H and O–H groups in total. The molecular formula is C17H21N3O4. The molecule has 0 bridgehead atoms. The van der Waals surface area contributed by atoms with Crippen LogP contribution in [0.1, 0.15) is 31.1 Å². The lowest BCUT2D eigenvalue weighted by Gasteiger charge is -2.11. The average Bonchev–Trinajstić information content (AvgIpc) is 2.58. The van der Waals surface area contributed by atoms with Crippen LogP contribution in [0.2, 0.25) is 0 Å². The van der Waals surface area contributed by atoms with Crippen molar-refractivity contribution in [1.82, 2.24) is 9.97 Å². The van der Waals surface area contributed by atoms with Crippen molar-refractivity contribution < 1.29 is 19.0 Å². The Labute approximate surface area is 141 Å². The summed E-state index contributed by atoms with van der Waals surface area (Å²) < 4.78 is 16.1. The number of amides is 1. The molecule has 0 saturated carbocycles. The summed E-state index contributed by atoms with van der Waals surface area (Å²) in [5, 5.41) is 2.75. The molecule has 24 heavy (non-hydrogen) atoms. The highest BCUT2D eigenvalue weighted by atomic mass is 16.5. The van der Waals surface area contributed by atoms with Crippen molar-refractivity contribution in [1.29, 1.82) is 0 Å². The van der Waals surface area contributed by atoms with Crippen LogP contribution in [0.15, 0.2) is 30.5 Å². The highest BCUT2D eigenvalue weighted by Gasteiger charge is 2.13. The van der Waals surface area contributed by atoms with Crippen molar-refractivity contribution in [2.45, 2.75) is 20.8 Å². The number of rotatable bonds is 8. The highest BCUT2D eigenvalue weighted by molar-refractivity contribution is 6.04. The number of nitrogens with one attached hydrogen (secondary N) is 1. The molecule has 0 atom stereocenters. The van der Waals surface area contributed by atoms with Crippen LogP contribution in [0.25, 0.3) is 0 Å². The van der Waals surface area contributed by atoms with Gasteiger partial charge in [0.2, 0.25) is 5.88 Å². The van der Waals surface area contributed by atoms with Gasteiger partial charge in [-0.3, -0.25) is 4.79 Å². The Bertz CT molecular complexity index is 674. The maximum absolute atomic E-state index is 12.4. The van der Waals surface area contributed by atoms with Gasteiger partial charge in [0.1, 0.15) is 11.4 Å². The van der Waals surface area contributed by atoms with Gasteiger partial charge in [-0.25, -0.2) is 4.98 Å².